The molecule has 0 aromatic heterocycles. The van der Waals surface area contributed by atoms with Crippen LogP contribution in [0, 0.1) is 11.7 Å². The average molecular weight is 277 g/mol. The maximum Gasteiger partial charge on any atom is 0.308 e. The summed E-state index contributed by atoms with van der Waals surface area (Å²) in [7, 11) is 0. The van der Waals surface area contributed by atoms with E-state index in [4.69, 9.17) is 5.11 Å². The topological polar surface area (TPSA) is 57.6 Å². The minimum Gasteiger partial charge on any atom is -0.481 e. The second-order valence-corrected chi connectivity index (χ2v) is 4.85. The van der Waals surface area contributed by atoms with Crippen LogP contribution in [0.25, 0.3) is 6.08 Å². The monoisotopic (exact) mass is 277 g/mol. The molecule has 1 fully saturated rings. The first-order valence-corrected chi connectivity index (χ1v) is 6.51. The lowest BCUT2D eigenvalue weighted by molar-refractivity contribution is -0.144. The van der Waals surface area contributed by atoms with Crippen LogP contribution in [0.3, 0.4) is 0 Å². The van der Waals surface area contributed by atoms with E-state index in [1.54, 1.807) is 12.1 Å². The predicted molar refractivity (Wildman–Crippen MR) is 72.4 cm³/mol. The first-order valence-electron chi connectivity index (χ1n) is 6.51. The molecule has 1 heterocycles. The molecule has 5 heteroatoms. The smallest absolute Gasteiger partial charge is 0.308 e. The maximum absolute atomic E-state index is 13.0. The fourth-order valence-corrected chi connectivity index (χ4v) is 2.26. The van der Waals surface area contributed by atoms with Crippen LogP contribution in [0.1, 0.15) is 18.4 Å². The minimum absolute atomic E-state index is 0.236. The molecule has 1 aliphatic rings. The number of likely N-dealkylation sites (tertiary alicyclic amines) is 1. The molecular formula is C15H16FNO3. The Morgan fingerprint density at radius 2 is 2.20 bits per heavy atom. The number of amides is 1. The highest BCUT2D eigenvalue weighted by atomic mass is 19.1. The summed E-state index contributed by atoms with van der Waals surface area (Å²) >= 11 is 0. The standard InChI is InChI=1S/C15H16FNO3/c16-13-5-1-3-11(9-13)6-7-14(18)17-8-2-4-12(10-17)15(19)20/h1,3,5-7,9,12H,2,4,8,10H2,(H,19,20)/b7-6-/t12-/m0/s1. The quantitative estimate of drug-likeness (QED) is 0.861. The van der Waals surface area contributed by atoms with Crippen LogP contribution in [-0.2, 0) is 9.59 Å². The molecular weight excluding hydrogens is 261 g/mol. The van der Waals surface area contributed by atoms with Gasteiger partial charge in [0.05, 0.1) is 5.92 Å². The van der Waals surface area contributed by atoms with Crippen LogP contribution in [-0.4, -0.2) is 35.0 Å². The van der Waals surface area contributed by atoms with Crippen molar-refractivity contribution in [2.45, 2.75) is 12.8 Å². The third-order valence-corrected chi connectivity index (χ3v) is 3.35. The molecule has 20 heavy (non-hydrogen) atoms. The molecule has 1 N–H and O–H groups in total. The number of hydrogen-bond acceptors (Lipinski definition) is 2. The Morgan fingerprint density at radius 1 is 1.40 bits per heavy atom. The molecule has 106 valence electrons. The molecule has 0 aliphatic carbocycles. The van der Waals surface area contributed by atoms with Gasteiger partial charge in [-0.1, -0.05) is 12.1 Å². The van der Waals surface area contributed by atoms with Gasteiger partial charge in [-0.2, -0.15) is 0 Å². The molecule has 1 aromatic carbocycles. The highest BCUT2D eigenvalue weighted by molar-refractivity contribution is 5.92. The molecule has 4 nitrogen and oxygen atoms in total. The van der Waals surface area contributed by atoms with Crippen LogP contribution in [0.5, 0.6) is 0 Å². The fraction of sp³-hybridized carbons (Fsp3) is 0.333. The molecule has 1 atom stereocenters. The summed E-state index contributed by atoms with van der Waals surface area (Å²) in [4.78, 5) is 24.4. The van der Waals surface area contributed by atoms with Gasteiger partial charge in [-0.05, 0) is 36.6 Å². The number of carbonyl (C=O) groups excluding carboxylic acids is 1. The van der Waals surface area contributed by atoms with E-state index >= 15 is 0 Å². The van der Waals surface area contributed by atoms with Crippen molar-refractivity contribution in [3.63, 3.8) is 0 Å². The van der Waals surface area contributed by atoms with Crippen molar-refractivity contribution in [1.82, 2.24) is 4.90 Å². The molecule has 0 bridgehead atoms. The number of nitrogens with zero attached hydrogens (tertiary/aromatic N) is 1. The SMILES string of the molecule is O=C(O)[C@H]1CCCN(C(=O)/C=C\c2cccc(F)c2)C1. The Kier molecular flexibility index (Phi) is 4.50. The van der Waals surface area contributed by atoms with Crippen molar-refractivity contribution in [2.24, 2.45) is 5.92 Å². The van der Waals surface area contributed by atoms with Crippen molar-refractivity contribution in [3.05, 3.63) is 41.7 Å². The van der Waals surface area contributed by atoms with Crippen LogP contribution in [0.4, 0.5) is 4.39 Å². The molecule has 1 saturated heterocycles. The van der Waals surface area contributed by atoms with Crippen LogP contribution < -0.4 is 0 Å². The third kappa shape index (κ3) is 3.66. The number of aliphatic carboxylic acids is 1. The number of rotatable bonds is 3. The first-order chi connectivity index (χ1) is 9.56. The van der Waals surface area contributed by atoms with E-state index in [0.717, 1.165) is 0 Å². The van der Waals surface area contributed by atoms with E-state index in [1.807, 2.05) is 0 Å². The molecule has 2 rings (SSSR count). The maximum atomic E-state index is 13.0. The fourth-order valence-electron chi connectivity index (χ4n) is 2.26. The second kappa shape index (κ2) is 6.32. The Bertz CT molecular complexity index is 542. The Morgan fingerprint density at radius 3 is 2.90 bits per heavy atom. The van der Waals surface area contributed by atoms with Gasteiger partial charge in [0.1, 0.15) is 5.82 Å². The van der Waals surface area contributed by atoms with E-state index in [2.05, 4.69) is 0 Å². The Hall–Kier alpha value is -2.17. The van der Waals surface area contributed by atoms with E-state index < -0.39 is 11.9 Å². The summed E-state index contributed by atoms with van der Waals surface area (Å²) in [5, 5.41) is 8.98. The molecule has 1 aromatic rings. The Balaban J connectivity index is 1.99. The third-order valence-electron chi connectivity index (χ3n) is 3.35. The van der Waals surface area contributed by atoms with Crippen LogP contribution in [0.2, 0.25) is 0 Å². The normalized spacial score (nSPS) is 19.2. The van der Waals surface area contributed by atoms with E-state index in [-0.39, 0.29) is 18.3 Å². The number of benzene rings is 1. The molecule has 0 radical (unpaired) electrons. The van der Waals surface area contributed by atoms with Gasteiger partial charge in [0.15, 0.2) is 0 Å². The molecule has 0 saturated carbocycles. The number of piperidine rings is 1. The zero-order valence-corrected chi connectivity index (χ0v) is 11.0. The van der Waals surface area contributed by atoms with Gasteiger partial charge in [-0.3, -0.25) is 9.59 Å². The number of halogens is 1. The molecule has 1 aliphatic heterocycles. The number of hydrogen-bond donors (Lipinski definition) is 1. The molecule has 1 amide bonds. The largest absolute Gasteiger partial charge is 0.481 e. The van der Waals surface area contributed by atoms with Crippen molar-refractivity contribution >= 4 is 18.0 Å². The minimum atomic E-state index is -0.864. The zero-order valence-electron chi connectivity index (χ0n) is 11.0. The highest BCUT2D eigenvalue weighted by Gasteiger charge is 2.26. The summed E-state index contributed by atoms with van der Waals surface area (Å²) < 4.78 is 13.0. The lowest BCUT2D eigenvalue weighted by Crippen LogP contribution is -2.41. The summed E-state index contributed by atoms with van der Waals surface area (Å²) in [6.45, 7) is 0.803. The molecule has 0 unspecified atom stereocenters. The van der Waals surface area contributed by atoms with Gasteiger partial charge in [0.25, 0.3) is 0 Å². The average Bonchev–Trinajstić information content (AvgIpc) is 2.45. The van der Waals surface area contributed by atoms with Crippen molar-refractivity contribution in [2.75, 3.05) is 13.1 Å². The second-order valence-electron chi connectivity index (χ2n) is 4.85. The van der Waals surface area contributed by atoms with Gasteiger partial charge in [0.2, 0.25) is 5.91 Å². The lowest BCUT2D eigenvalue weighted by Gasteiger charge is -2.29. The van der Waals surface area contributed by atoms with Crippen LogP contribution in [0.15, 0.2) is 30.3 Å². The number of carboxylic acids is 1. The van der Waals surface area contributed by atoms with E-state index in [1.165, 1.54) is 29.2 Å². The van der Waals surface area contributed by atoms with Gasteiger partial charge < -0.3 is 10.0 Å². The van der Waals surface area contributed by atoms with Gasteiger partial charge in [-0.15, -0.1) is 0 Å². The van der Waals surface area contributed by atoms with Crippen LogP contribution >= 0.6 is 0 Å². The first kappa shape index (κ1) is 14.2. The van der Waals surface area contributed by atoms with E-state index in [9.17, 15) is 14.0 Å². The zero-order chi connectivity index (χ0) is 14.5. The van der Waals surface area contributed by atoms with Crippen molar-refractivity contribution in [3.8, 4) is 0 Å². The van der Waals surface area contributed by atoms with Gasteiger partial charge in [0, 0.05) is 19.2 Å². The van der Waals surface area contributed by atoms with Gasteiger partial charge in [-0.25, -0.2) is 4.39 Å². The van der Waals surface area contributed by atoms with Crippen molar-refractivity contribution in [1.29, 1.82) is 0 Å². The summed E-state index contributed by atoms with van der Waals surface area (Å²) in [5.41, 5.74) is 0.602. The molecule has 0 spiro atoms. The number of carbonyl (C=O) groups is 2. The predicted octanol–water partition coefficient (Wildman–Crippen LogP) is 2.16. The van der Waals surface area contributed by atoms with E-state index in [0.29, 0.717) is 24.9 Å². The van der Waals surface area contributed by atoms with Gasteiger partial charge >= 0.3 is 5.97 Å². The summed E-state index contributed by atoms with van der Waals surface area (Å²) in [6.07, 6.45) is 4.19. The Labute approximate surface area is 116 Å². The lowest BCUT2D eigenvalue weighted by atomic mass is 9.98. The highest BCUT2D eigenvalue weighted by Crippen LogP contribution is 2.17. The summed E-state index contributed by atoms with van der Waals surface area (Å²) in [6, 6.07) is 5.94. The van der Waals surface area contributed by atoms with Crippen molar-refractivity contribution < 1.29 is 19.1 Å². The summed E-state index contributed by atoms with van der Waals surface area (Å²) in [5.74, 6) is -1.95. The number of carboxylic acid groups (broad SMARTS) is 1.